The van der Waals surface area contributed by atoms with Crippen molar-refractivity contribution in [2.24, 2.45) is 5.10 Å². The first-order valence-corrected chi connectivity index (χ1v) is 13.7. The van der Waals surface area contributed by atoms with Crippen LogP contribution >= 0.6 is 11.3 Å². The van der Waals surface area contributed by atoms with Crippen molar-refractivity contribution in [3.63, 3.8) is 0 Å². The lowest BCUT2D eigenvalue weighted by atomic mass is 10.00. The third-order valence-corrected chi connectivity index (χ3v) is 7.83. The first-order valence-electron chi connectivity index (χ1n) is 12.8. The summed E-state index contributed by atoms with van der Waals surface area (Å²) >= 11 is 1.59. The van der Waals surface area contributed by atoms with E-state index in [9.17, 15) is 14.0 Å². The molecule has 0 radical (unpaired) electrons. The Morgan fingerprint density at radius 2 is 1.89 bits per heavy atom. The summed E-state index contributed by atoms with van der Waals surface area (Å²) < 4.78 is 19.4. The van der Waals surface area contributed by atoms with Crippen molar-refractivity contribution in [2.75, 3.05) is 45.9 Å². The minimum absolute atomic E-state index is 0.150. The van der Waals surface area contributed by atoms with Crippen molar-refractivity contribution in [3.8, 4) is 0 Å². The molecule has 1 saturated heterocycles. The molecule has 0 aliphatic carbocycles. The molecule has 2 aromatic carbocycles. The number of carbonyl (C=O) groups excluding carboxylic acids is 2. The molecule has 0 spiro atoms. The average molecular weight is 535 g/mol. The van der Waals surface area contributed by atoms with Gasteiger partial charge in [0.05, 0.1) is 29.8 Å². The van der Waals surface area contributed by atoms with Crippen LogP contribution in [0.5, 0.6) is 0 Å². The van der Waals surface area contributed by atoms with Gasteiger partial charge in [0.15, 0.2) is 0 Å². The Bertz CT molecular complexity index is 1290. The number of hydrogen-bond donors (Lipinski definition) is 0. The first-order chi connectivity index (χ1) is 18.5. The normalized spacial score (nSPS) is 17.9. The summed E-state index contributed by atoms with van der Waals surface area (Å²) in [5, 5.41) is 8.27. The number of amides is 2. The number of hydrogen-bond acceptors (Lipinski definition) is 6. The van der Waals surface area contributed by atoms with Gasteiger partial charge in [-0.15, -0.1) is 11.3 Å². The molecule has 38 heavy (non-hydrogen) atoms. The molecule has 1 aromatic heterocycles. The Kier molecular flexibility index (Phi) is 8.26. The van der Waals surface area contributed by atoms with Gasteiger partial charge in [-0.2, -0.15) is 5.10 Å². The number of carbonyl (C=O) groups is 2. The Balaban J connectivity index is 1.39. The van der Waals surface area contributed by atoms with Crippen molar-refractivity contribution in [3.05, 3.63) is 93.4 Å². The highest BCUT2D eigenvalue weighted by molar-refractivity contribution is 7.12. The van der Waals surface area contributed by atoms with Crippen LogP contribution in [0.2, 0.25) is 0 Å². The highest BCUT2D eigenvalue weighted by atomic mass is 32.1. The second-order valence-corrected chi connectivity index (χ2v) is 10.5. The van der Waals surface area contributed by atoms with Gasteiger partial charge in [-0.3, -0.25) is 14.5 Å². The molecular formula is C29H31FN4O3S. The van der Waals surface area contributed by atoms with E-state index in [1.165, 1.54) is 28.1 Å². The van der Waals surface area contributed by atoms with Gasteiger partial charge in [0.2, 0.25) is 0 Å². The van der Waals surface area contributed by atoms with Gasteiger partial charge in [0.25, 0.3) is 11.8 Å². The van der Waals surface area contributed by atoms with Crippen LogP contribution in [0, 0.1) is 12.7 Å². The predicted molar refractivity (Wildman–Crippen MR) is 146 cm³/mol. The molecule has 1 atom stereocenters. The van der Waals surface area contributed by atoms with E-state index in [0.717, 1.165) is 34.8 Å². The third-order valence-electron chi connectivity index (χ3n) is 6.91. The number of thiophene rings is 1. The number of morpholine rings is 1. The third kappa shape index (κ3) is 6.18. The summed E-state index contributed by atoms with van der Waals surface area (Å²) in [6, 6.07) is 17.4. The van der Waals surface area contributed by atoms with Crippen molar-refractivity contribution < 1.29 is 18.7 Å². The molecular weight excluding hydrogens is 503 g/mol. The summed E-state index contributed by atoms with van der Waals surface area (Å²) in [5.74, 6) is -1.13. The van der Waals surface area contributed by atoms with Crippen LogP contribution in [0.3, 0.4) is 0 Å². The maximum Gasteiger partial charge on any atom is 0.262 e. The number of nitrogens with zero attached hydrogens (tertiary/aromatic N) is 4. The molecule has 2 aliphatic heterocycles. The maximum atomic E-state index is 13.9. The van der Waals surface area contributed by atoms with Gasteiger partial charge in [-0.1, -0.05) is 42.0 Å². The summed E-state index contributed by atoms with van der Waals surface area (Å²) in [7, 11) is 0. The van der Waals surface area contributed by atoms with Crippen molar-refractivity contribution in [2.45, 2.75) is 19.4 Å². The molecule has 1 unspecified atom stereocenters. The summed E-state index contributed by atoms with van der Waals surface area (Å²) in [5.41, 5.74) is 3.21. The van der Waals surface area contributed by atoms with Crippen molar-refractivity contribution in [1.82, 2.24) is 14.8 Å². The molecule has 9 heteroatoms. The molecule has 1 fully saturated rings. The molecule has 3 heterocycles. The molecule has 2 aliphatic rings. The quantitative estimate of drug-likeness (QED) is 0.431. The lowest BCUT2D eigenvalue weighted by molar-refractivity contribution is -0.133. The van der Waals surface area contributed by atoms with Gasteiger partial charge in [0, 0.05) is 38.2 Å². The highest BCUT2D eigenvalue weighted by Crippen LogP contribution is 2.34. The number of benzene rings is 2. The highest BCUT2D eigenvalue weighted by Gasteiger charge is 2.35. The van der Waals surface area contributed by atoms with Gasteiger partial charge < -0.3 is 9.64 Å². The molecule has 0 saturated carbocycles. The standard InChI is InChI=1S/C29H31FN4O3S/c1-21-7-9-22(10-8-21)26-19-25(27-6-3-17-38-27)31-34(26)28(35)20-33(12-11-32-13-15-37-16-14-32)29(36)23-4-2-5-24(30)18-23/h2-10,17-18,26H,11-16,19-20H2,1H3. The zero-order chi connectivity index (χ0) is 26.5. The van der Waals surface area contributed by atoms with Gasteiger partial charge in [-0.05, 0) is 42.1 Å². The van der Waals surface area contributed by atoms with E-state index in [1.54, 1.807) is 17.4 Å². The van der Waals surface area contributed by atoms with Crippen molar-refractivity contribution >= 4 is 28.9 Å². The average Bonchev–Trinajstić information content (AvgIpc) is 3.62. The number of aryl methyl sites for hydroxylation is 1. The van der Waals surface area contributed by atoms with Gasteiger partial charge in [-0.25, -0.2) is 9.40 Å². The van der Waals surface area contributed by atoms with E-state index >= 15 is 0 Å². The molecule has 5 rings (SSSR count). The van der Waals surface area contributed by atoms with Crippen LogP contribution < -0.4 is 0 Å². The van der Waals surface area contributed by atoms with E-state index in [4.69, 9.17) is 9.84 Å². The number of hydrazone groups is 1. The number of ether oxygens (including phenoxy) is 1. The second kappa shape index (κ2) is 12.0. The van der Waals surface area contributed by atoms with Gasteiger partial charge >= 0.3 is 0 Å². The van der Waals surface area contributed by atoms with Crippen molar-refractivity contribution in [1.29, 1.82) is 0 Å². The molecule has 2 amide bonds. The molecule has 0 N–H and O–H groups in total. The molecule has 198 valence electrons. The van der Waals surface area contributed by atoms with Crippen LogP contribution in [0.25, 0.3) is 0 Å². The fourth-order valence-corrected chi connectivity index (χ4v) is 5.48. The molecule has 7 nitrogen and oxygen atoms in total. The van der Waals surface area contributed by atoms with E-state index in [1.807, 2.05) is 48.7 Å². The zero-order valence-corrected chi connectivity index (χ0v) is 22.2. The topological polar surface area (TPSA) is 65.5 Å². The number of halogens is 1. The van der Waals surface area contributed by atoms with Gasteiger partial charge in [0.1, 0.15) is 12.4 Å². The van der Waals surface area contributed by atoms with Crippen LogP contribution in [0.15, 0.2) is 71.1 Å². The zero-order valence-electron chi connectivity index (χ0n) is 21.4. The van der Waals surface area contributed by atoms with E-state index < -0.39 is 5.82 Å². The Hall–Kier alpha value is -3.40. The SMILES string of the molecule is Cc1ccc(C2CC(c3cccs3)=NN2C(=O)CN(CCN2CCOCC2)C(=O)c2cccc(F)c2)cc1. The van der Waals surface area contributed by atoms with Crippen LogP contribution in [-0.4, -0.2) is 78.3 Å². The van der Waals surface area contributed by atoms with E-state index in [2.05, 4.69) is 4.90 Å². The minimum Gasteiger partial charge on any atom is -0.379 e. The minimum atomic E-state index is -0.487. The Morgan fingerprint density at radius 1 is 1.11 bits per heavy atom. The largest absolute Gasteiger partial charge is 0.379 e. The fraction of sp³-hybridized carbons (Fsp3) is 0.345. The Morgan fingerprint density at radius 3 is 2.61 bits per heavy atom. The fourth-order valence-electron chi connectivity index (χ4n) is 4.76. The summed E-state index contributed by atoms with van der Waals surface area (Å²) in [6.45, 7) is 5.64. The predicted octanol–water partition coefficient (Wildman–Crippen LogP) is 4.35. The van der Waals surface area contributed by atoms with Crippen LogP contribution in [-0.2, 0) is 9.53 Å². The van der Waals surface area contributed by atoms with Crippen LogP contribution in [0.4, 0.5) is 4.39 Å². The Labute approximate surface area is 226 Å². The summed E-state index contributed by atoms with van der Waals surface area (Å²) in [6.07, 6.45) is 0.598. The van der Waals surface area contributed by atoms with E-state index in [0.29, 0.717) is 32.7 Å². The lowest BCUT2D eigenvalue weighted by Gasteiger charge is -2.31. The van der Waals surface area contributed by atoms with Crippen LogP contribution in [0.1, 0.15) is 38.8 Å². The lowest BCUT2D eigenvalue weighted by Crippen LogP contribution is -2.46. The summed E-state index contributed by atoms with van der Waals surface area (Å²) in [4.78, 5) is 32.0. The number of rotatable bonds is 8. The molecule has 3 aromatic rings. The monoisotopic (exact) mass is 534 g/mol. The first kappa shape index (κ1) is 26.2. The van der Waals surface area contributed by atoms with E-state index in [-0.39, 0.29) is 30.0 Å². The molecule has 0 bridgehead atoms. The smallest absolute Gasteiger partial charge is 0.262 e. The second-order valence-electron chi connectivity index (χ2n) is 9.58. The maximum absolute atomic E-state index is 13.9.